The molecular formula is C25H20FN5O3S. The lowest BCUT2D eigenvalue weighted by atomic mass is 10.1. The molecule has 0 fully saturated rings. The topological polar surface area (TPSA) is 114 Å². The van der Waals surface area contributed by atoms with Crippen LogP contribution in [-0.2, 0) is 12.2 Å². The number of nitriles is 1. The Morgan fingerprint density at radius 2 is 1.89 bits per heavy atom. The molecule has 0 saturated heterocycles. The molecule has 0 unspecified atom stereocenters. The van der Waals surface area contributed by atoms with Gasteiger partial charge in [0.05, 0.1) is 12.7 Å². The number of thioether (sulfide) groups is 1. The molecule has 0 bridgehead atoms. The van der Waals surface area contributed by atoms with Crippen LogP contribution in [0.3, 0.4) is 0 Å². The second-order valence-electron chi connectivity index (χ2n) is 7.54. The van der Waals surface area contributed by atoms with Gasteiger partial charge in [-0.15, -0.1) is 0 Å². The summed E-state index contributed by atoms with van der Waals surface area (Å²) in [6.07, 6.45) is 5.09. The molecule has 2 aromatic carbocycles. The molecule has 8 nitrogen and oxygen atoms in total. The monoisotopic (exact) mass is 489 g/mol. The van der Waals surface area contributed by atoms with Crippen LogP contribution >= 0.6 is 11.8 Å². The molecule has 0 aliphatic rings. The molecule has 0 aliphatic carbocycles. The van der Waals surface area contributed by atoms with E-state index in [0.717, 1.165) is 11.1 Å². The number of halogens is 1. The first-order chi connectivity index (χ1) is 16.9. The Balaban J connectivity index is 1.41. The summed E-state index contributed by atoms with van der Waals surface area (Å²) in [6, 6.07) is 12.0. The summed E-state index contributed by atoms with van der Waals surface area (Å²) in [6.45, 7) is 1.64. The first-order valence-corrected chi connectivity index (χ1v) is 11.5. The number of H-pyrrole nitrogens is 1. The first kappa shape index (κ1) is 23.9. The van der Waals surface area contributed by atoms with E-state index in [4.69, 9.17) is 9.47 Å². The standard InChI is InChI=1S/C25H20FN5O3S/c1-15-7-20(4-5-21(15)26)34-22-6-3-16(8-18(22)10-27)14-35-25-30-13-19(23(32)31-25)9-17-11-28-24(33-2)29-12-17/h3-8,11-13H,9,14H2,1-2H3,(H,30,31,32). The number of rotatable bonds is 8. The van der Waals surface area contributed by atoms with Gasteiger partial charge in [0.1, 0.15) is 23.4 Å². The lowest BCUT2D eigenvalue weighted by Crippen LogP contribution is -2.15. The fraction of sp³-hybridized carbons (Fsp3) is 0.160. The largest absolute Gasteiger partial charge is 0.467 e. The third kappa shape index (κ3) is 6.02. The smallest absolute Gasteiger partial charge is 0.316 e. The van der Waals surface area contributed by atoms with Gasteiger partial charge >= 0.3 is 6.01 Å². The Kier molecular flexibility index (Phi) is 7.38. The molecule has 176 valence electrons. The van der Waals surface area contributed by atoms with Crippen molar-refractivity contribution in [1.29, 1.82) is 5.26 Å². The molecule has 1 N–H and O–H groups in total. The zero-order valence-corrected chi connectivity index (χ0v) is 19.7. The molecule has 0 radical (unpaired) electrons. The number of benzene rings is 2. The maximum Gasteiger partial charge on any atom is 0.316 e. The van der Waals surface area contributed by atoms with Crippen LogP contribution in [0.4, 0.5) is 4.39 Å². The van der Waals surface area contributed by atoms with Crippen molar-refractivity contribution in [3.63, 3.8) is 0 Å². The average Bonchev–Trinajstić information content (AvgIpc) is 2.87. The molecule has 0 saturated carbocycles. The third-order valence-corrected chi connectivity index (χ3v) is 5.96. The second-order valence-corrected chi connectivity index (χ2v) is 8.51. The SMILES string of the molecule is COc1ncc(Cc2cnc(SCc3ccc(Oc4ccc(F)c(C)c4)c(C#N)c3)[nH]c2=O)cn1. The summed E-state index contributed by atoms with van der Waals surface area (Å²) in [5, 5.41) is 10.0. The Labute approximate surface area is 204 Å². The fourth-order valence-corrected chi connectivity index (χ4v) is 3.94. The number of aryl methyl sites for hydroxylation is 1. The van der Waals surface area contributed by atoms with Gasteiger partial charge in [-0.05, 0) is 53.9 Å². The summed E-state index contributed by atoms with van der Waals surface area (Å²) >= 11 is 1.34. The summed E-state index contributed by atoms with van der Waals surface area (Å²) in [5.41, 5.74) is 2.68. The van der Waals surface area contributed by atoms with Crippen molar-refractivity contribution in [2.24, 2.45) is 0 Å². The molecule has 0 amide bonds. The number of hydrogen-bond donors (Lipinski definition) is 1. The summed E-state index contributed by atoms with van der Waals surface area (Å²) in [4.78, 5) is 27.7. The van der Waals surface area contributed by atoms with E-state index in [9.17, 15) is 14.4 Å². The van der Waals surface area contributed by atoms with Gasteiger partial charge in [-0.3, -0.25) is 4.79 Å². The number of hydrogen-bond acceptors (Lipinski definition) is 8. The van der Waals surface area contributed by atoms with Crippen molar-refractivity contribution >= 4 is 11.8 Å². The molecule has 4 aromatic rings. The zero-order valence-electron chi connectivity index (χ0n) is 18.9. The van der Waals surface area contributed by atoms with Gasteiger partial charge in [0.25, 0.3) is 5.56 Å². The molecule has 4 rings (SSSR count). The molecule has 35 heavy (non-hydrogen) atoms. The summed E-state index contributed by atoms with van der Waals surface area (Å²) in [7, 11) is 1.48. The van der Waals surface area contributed by atoms with Crippen LogP contribution in [0, 0.1) is 24.1 Å². The van der Waals surface area contributed by atoms with E-state index >= 15 is 0 Å². The van der Waals surface area contributed by atoms with E-state index in [0.29, 0.717) is 45.5 Å². The van der Waals surface area contributed by atoms with Crippen LogP contribution < -0.4 is 15.0 Å². The predicted octanol–water partition coefficient (Wildman–Crippen LogP) is 4.56. The summed E-state index contributed by atoms with van der Waals surface area (Å²) in [5.74, 6) is 0.995. The molecule has 0 spiro atoms. The normalized spacial score (nSPS) is 10.6. The second kappa shape index (κ2) is 10.8. The van der Waals surface area contributed by atoms with Gasteiger partial charge in [0, 0.05) is 36.3 Å². The predicted molar refractivity (Wildman–Crippen MR) is 128 cm³/mol. The van der Waals surface area contributed by atoms with Crippen LogP contribution in [0.15, 0.2) is 64.9 Å². The number of methoxy groups -OCH3 is 1. The van der Waals surface area contributed by atoms with E-state index in [2.05, 4.69) is 26.0 Å². The van der Waals surface area contributed by atoms with E-state index in [1.807, 2.05) is 6.07 Å². The van der Waals surface area contributed by atoms with Crippen LogP contribution in [0.1, 0.15) is 27.8 Å². The highest BCUT2D eigenvalue weighted by Gasteiger charge is 2.10. The van der Waals surface area contributed by atoms with Gasteiger partial charge in [-0.2, -0.15) is 5.26 Å². The molecule has 2 aromatic heterocycles. The highest BCUT2D eigenvalue weighted by molar-refractivity contribution is 7.98. The van der Waals surface area contributed by atoms with Crippen LogP contribution in [0.5, 0.6) is 17.5 Å². The number of nitrogens with zero attached hydrogens (tertiary/aromatic N) is 4. The number of nitrogens with one attached hydrogen (secondary N) is 1. The van der Waals surface area contributed by atoms with Crippen LogP contribution in [0.2, 0.25) is 0 Å². The van der Waals surface area contributed by atoms with E-state index in [1.165, 1.54) is 37.2 Å². The summed E-state index contributed by atoms with van der Waals surface area (Å²) < 4.78 is 24.2. The Bertz CT molecular complexity index is 1450. The highest BCUT2D eigenvalue weighted by atomic mass is 32.2. The molecule has 0 atom stereocenters. The lowest BCUT2D eigenvalue weighted by Gasteiger charge is -2.10. The molecular weight excluding hydrogens is 469 g/mol. The Morgan fingerprint density at radius 1 is 1.09 bits per heavy atom. The number of ether oxygens (including phenoxy) is 2. The van der Waals surface area contributed by atoms with Crippen molar-refractivity contribution < 1.29 is 13.9 Å². The minimum absolute atomic E-state index is 0.241. The average molecular weight is 490 g/mol. The lowest BCUT2D eigenvalue weighted by molar-refractivity contribution is 0.379. The van der Waals surface area contributed by atoms with Gasteiger partial charge in [0.2, 0.25) is 0 Å². The van der Waals surface area contributed by atoms with E-state index in [-0.39, 0.29) is 17.4 Å². The van der Waals surface area contributed by atoms with Gasteiger partial charge < -0.3 is 14.5 Å². The van der Waals surface area contributed by atoms with E-state index in [1.54, 1.807) is 37.5 Å². The van der Waals surface area contributed by atoms with Crippen molar-refractivity contribution in [2.45, 2.75) is 24.3 Å². The minimum atomic E-state index is -0.320. The van der Waals surface area contributed by atoms with Crippen molar-refractivity contribution in [3.8, 4) is 23.6 Å². The van der Waals surface area contributed by atoms with Gasteiger partial charge in [0.15, 0.2) is 5.16 Å². The fourth-order valence-electron chi connectivity index (χ4n) is 3.17. The van der Waals surface area contributed by atoms with Gasteiger partial charge in [-0.25, -0.2) is 19.3 Å². The Morgan fingerprint density at radius 3 is 2.57 bits per heavy atom. The highest BCUT2D eigenvalue weighted by Crippen LogP contribution is 2.29. The third-order valence-electron chi connectivity index (χ3n) is 5.01. The molecule has 0 aliphatic heterocycles. The minimum Gasteiger partial charge on any atom is -0.467 e. The number of aromatic nitrogens is 4. The first-order valence-electron chi connectivity index (χ1n) is 10.5. The van der Waals surface area contributed by atoms with Crippen LogP contribution in [-0.4, -0.2) is 27.0 Å². The van der Waals surface area contributed by atoms with E-state index < -0.39 is 0 Å². The van der Waals surface area contributed by atoms with Gasteiger partial charge in [-0.1, -0.05) is 17.8 Å². The maximum atomic E-state index is 13.5. The zero-order chi connectivity index (χ0) is 24.8. The van der Waals surface area contributed by atoms with Crippen molar-refractivity contribution in [1.82, 2.24) is 19.9 Å². The van der Waals surface area contributed by atoms with Crippen molar-refractivity contribution in [3.05, 3.63) is 99.0 Å². The number of aromatic amines is 1. The van der Waals surface area contributed by atoms with Crippen molar-refractivity contribution in [2.75, 3.05) is 7.11 Å². The molecule has 10 heteroatoms. The maximum absolute atomic E-state index is 13.5. The molecule has 2 heterocycles. The Hall–Kier alpha value is -4.23. The quantitative estimate of drug-likeness (QED) is 0.283. The van der Waals surface area contributed by atoms with Crippen LogP contribution in [0.25, 0.3) is 0 Å².